The van der Waals surface area contributed by atoms with E-state index in [0.717, 1.165) is 10.2 Å². The molecule has 0 aliphatic carbocycles. The van der Waals surface area contributed by atoms with Crippen molar-refractivity contribution in [1.82, 2.24) is 4.98 Å². The van der Waals surface area contributed by atoms with Gasteiger partial charge in [0.05, 0.1) is 6.04 Å². The Labute approximate surface area is 94.9 Å². The molecule has 0 saturated carbocycles. The van der Waals surface area contributed by atoms with E-state index in [0.29, 0.717) is 0 Å². The van der Waals surface area contributed by atoms with Gasteiger partial charge in [-0.3, -0.25) is 0 Å². The van der Waals surface area contributed by atoms with Crippen LogP contribution in [0.4, 0.5) is 0 Å². The third kappa shape index (κ3) is 2.03. The lowest BCUT2D eigenvalue weighted by Gasteiger charge is -2.09. The quantitative estimate of drug-likeness (QED) is 0.851. The van der Waals surface area contributed by atoms with Crippen LogP contribution in [0.1, 0.15) is 16.5 Å². The van der Waals surface area contributed by atoms with Gasteiger partial charge in [0.15, 0.2) is 0 Å². The molecule has 2 heterocycles. The minimum Gasteiger partial charge on any atom is -0.320 e. The van der Waals surface area contributed by atoms with Gasteiger partial charge in [-0.2, -0.15) is 0 Å². The number of halogens is 1. The highest BCUT2D eigenvalue weighted by atomic mass is 79.9. The van der Waals surface area contributed by atoms with Crippen LogP contribution in [0.5, 0.6) is 0 Å². The predicted octanol–water partition coefficient (Wildman–Crippen LogP) is 2.95. The van der Waals surface area contributed by atoms with Gasteiger partial charge >= 0.3 is 0 Å². The Bertz CT molecular complexity index is 414. The molecule has 0 unspecified atom stereocenters. The number of aromatic nitrogens is 1. The first-order chi connectivity index (χ1) is 6.77. The third-order valence-corrected chi connectivity index (χ3v) is 3.35. The summed E-state index contributed by atoms with van der Waals surface area (Å²) in [6.07, 6.45) is 1.76. The molecule has 72 valence electrons. The molecule has 0 spiro atoms. The van der Waals surface area contributed by atoms with E-state index in [9.17, 15) is 0 Å². The molecule has 0 aliphatic rings. The van der Waals surface area contributed by atoms with Crippen molar-refractivity contribution in [3.63, 3.8) is 0 Å². The Kier molecular flexibility index (Phi) is 2.96. The van der Waals surface area contributed by atoms with Crippen molar-refractivity contribution in [2.24, 2.45) is 5.73 Å². The molecule has 2 aromatic rings. The smallest absolute Gasteiger partial charge is 0.106 e. The molecule has 0 bridgehead atoms. The van der Waals surface area contributed by atoms with Gasteiger partial charge in [-0.05, 0) is 45.1 Å². The SMILES string of the molecule is N[C@H](c1ccnc(Br)c1)c1cccs1. The van der Waals surface area contributed by atoms with Gasteiger partial charge < -0.3 is 5.73 Å². The molecule has 2 N–H and O–H groups in total. The van der Waals surface area contributed by atoms with E-state index in [2.05, 4.69) is 20.9 Å². The highest BCUT2D eigenvalue weighted by Gasteiger charge is 2.09. The largest absolute Gasteiger partial charge is 0.320 e. The molecule has 0 amide bonds. The molecule has 2 nitrogen and oxygen atoms in total. The molecule has 0 radical (unpaired) electrons. The molecule has 2 rings (SSSR count). The molecular formula is C10H9BrN2S. The lowest BCUT2D eigenvalue weighted by molar-refractivity contribution is 0.887. The molecule has 0 fully saturated rings. The fourth-order valence-electron chi connectivity index (χ4n) is 1.24. The zero-order valence-corrected chi connectivity index (χ0v) is 9.75. The van der Waals surface area contributed by atoms with Crippen LogP contribution in [0.3, 0.4) is 0 Å². The minimum absolute atomic E-state index is 0.0469. The second-order valence-corrected chi connectivity index (χ2v) is 4.70. The topological polar surface area (TPSA) is 38.9 Å². The van der Waals surface area contributed by atoms with Gasteiger partial charge in [0.2, 0.25) is 0 Å². The summed E-state index contributed by atoms with van der Waals surface area (Å²) in [5.74, 6) is 0. The number of rotatable bonds is 2. The van der Waals surface area contributed by atoms with Crippen molar-refractivity contribution in [2.75, 3.05) is 0 Å². The number of pyridine rings is 1. The van der Waals surface area contributed by atoms with Gasteiger partial charge in [0.1, 0.15) is 4.60 Å². The maximum absolute atomic E-state index is 6.09. The van der Waals surface area contributed by atoms with E-state index in [4.69, 9.17) is 5.73 Å². The predicted molar refractivity (Wildman–Crippen MR) is 62.3 cm³/mol. The van der Waals surface area contributed by atoms with E-state index in [1.54, 1.807) is 17.5 Å². The van der Waals surface area contributed by atoms with E-state index in [1.807, 2.05) is 29.6 Å². The summed E-state index contributed by atoms with van der Waals surface area (Å²) in [6.45, 7) is 0. The Morgan fingerprint density at radius 3 is 2.93 bits per heavy atom. The van der Waals surface area contributed by atoms with Crippen molar-refractivity contribution in [3.05, 3.63) is 50.9 Å². The van der Waals surface area contributed by atoms with E-state index in [-0.39, 0.29) is 6.04 Å². The van der Waals surface area contributed by atoms with Gasteiger partial charge in [-0.15, -0.1) is 11.3 Å². The van der Waals surface area contributed by atoms with Crippen molar-refractivity contribution < 1.29 is 0 Å². The van der Waals surface area contributed by atoms with Crippen LogP contribution < -0.4 is 5.73 Å². The van der Waals surface area contributed by atoms with Crippen molar-refractivity contribution in [3.8, 4) is 0 Å². The van der Waals surface area contributed by atoms with Gasteiger partial charge in [0.25, 0.3) is 0 Å². The Hall–Kier alpha value is -0.710. The molecule has 0 aliphatic heterocycles. The maximum atomic E-state index is 6.09. The van der Waals surface area contributed by atoms with E-state index >= 15 is 0 Å². The van der Waals surface area contributed by atoms with E-state index in [1.165, 1.54) is 4.88 Å². The van der Waals surface area contributed by atoms with Gasteiger partial charge in [-0.25, -0.2) is 4.98 Å². The van der Waals surface area contributed by atoms with Crippen molar-refractivity contribution in [1.29, 1.82) is 0 Å². The number of hydrogen-bond acceptors (Lipinski definition) is 3. The Morgan fingerprint density at radius 1 is 1.43 bits per heavy atom. The van der Waals surface area contributed by atoms with Crippen LogP contribution in [0, 0.1) is 0 Å². The summed E-state index contributed by atoms with van der Waals surface area (Å²) in [5, 5.41) is 2.03. The maximum Gasteiger partial charge on any atom is 0.106 e. The number of nitrogens with two attached hydrogens (primary N) is 1. The average molecular weight is 269 g/mol. The summed E-state index contributed by atoms with van der Waals surface area (Å²) in [7, 11) is 0. The minimum atomic E-state index is -0.0469. The monoisotopic (exact) mass is 268 g/mol. The first kappa shape index (κ1) is 9.83. The molecule has 4 heteroatoms. The fourth-order valence-corrected chi connectivity index (χ4v) is 2.38. The second kappa shape index (κ2) is 4.21. The average Bonchev–Trinajstić information content (AvgIpc) is 2.69. The lowest BCUT2D eigenvalue weighted by Crippen LogP contribution is -2.10. The van der Waals surface area contributed by atoms with Gasteiger partial charge in [0, 0.05) is 11.1 Å². The van der Waals surface area contributed by atoms with Crippen molar-refractivity contribution >= 4 is 27.3 Å². The highest BCUT2D eigenvalue weighted by Crippen LogP contribution is 2.24. The van der Waals surface area contributed by atoms with Crippen LogP contribution >= 0.6 is 27.3 Å². The summed E-state index contributed by atoms with van der Waals surface area (Å²) < 4.78 is 0.821. The zero-order valence-electron chi connectivity index (χ0n) is 7.35. The fraction of sp³-hybridized carbons (Fsp3) is 0.100. The van der Waals surface area contributed by atoms with Gasteiger partial charge in [-0.1, -0.05) is 6.07 Å². The van der Waals surface area contributed by atoms with Crippen LogP contribution in [-0.4, -0.2) is 4.98 Å². The number of nitrogens with zero attached hydrogens (tertiary/aromatic N) is 1. The first-order valence-electron chi connectivity index (χ1n) is 4.18. The van der Waals surface area contributed by atoms with Crippen LogP contribution in [0.15, 0.2) is 40.4 Å². The van der Waals surface area contributed by atoms with Crippen LogP contribution in [-0.2, 0) is 0 Å². The molecule has 2 aromatic heterocycles. The molecule has 14 heavy (non-hydrogen) atoms. The summed E-state index contributed by atoms with van der Waals surface area (Å²) in [5.41, 5.74) is 7.17. The second-order valence-electron chi connectivity index (χ2n) is 2.90. The first-order valence-corrected chi connectivity index (χ1v) is 5.85. The van der Waals surface area contributed by atoms with E-state index < -0.39 is 0 Å². The molecular weight excluding hydrogens is 260 g/mol. The number of hydrogen-bond donors (Lipinski definition) is 1. The third-order valence-electron chi connectivity index (χ3n) is 1.96. The summed E-state index contributed by atoms with van der Waals surface area (Å²) >= 11 is 5.00. The molecule has 0 saturated heterocycles. The Balaban J connectivity index is 2.32. The normalized spacial score (nSPS) is 12.7. The van der Waals surface area contributed by atoms with Crippen molar-refractivity contribution in [2.45, 2.75) is 6.04 Å². The number of thiophene rings is 1. The highest BCUT2D eigenvalue weighted by molar-refractivity contribution is 9.10. The summed E-state index contributed by atoms with van der Waals surface area (Å²) in [4.78, 5) is 5.24. The van der Waals surface area contributed by atoms with Crippen LogP contribution in [0.25, 0.3) is 0 Å². The van der Waals surface area contributed by atoms with Crippen LogP contribution in [0.2, 0.25) is 0 Å². The zero-order chi connectivity index (χ0) is 9.97. The Morgan fingerprint density at radius 2 is 2.29 bits per heavy atom. The summed E-state index contributed by atoms with van der Waals surface area (Å²) in [6, 6.07) is 7.90. The molecule has 1 atom stereocenters. The standard InChI is InChI=1S/C10H9BrN2S/c11-9-6-7(3-4-13-9)10(12)8-2-1-5-14-8/h1-6,10H,12H2/t10-/m1/s1. The molecule has 0 aromatic carbocycles. The lowest BCUT2D eigenvalue weighted by atomic mass is 10.1.